The first kappa shape index (κ1) is 17.4. The largest absolute Gasteiger partial charge is 0.493 e. The molecule has 1 saturated heterocycles. The molecule has 26 heavy (non-hydrogen) atoms. The van der Waals surface area contributed by atoms with E-state index >= 15 is 0 Å². The van der Waals surface area contributed by atoms with Crippen LogP contribution in [0.2, 0.25) is 5.28 Å². The predicted octanol–water partition coefficient (Wildman–Crippen LogP) is 5.02. The summed E-state index contributed by atoms with van der Waals surface area (Å²) in [7, 11) is 3.29. The Kier molecular flexibility index (Phi) is 4.87. The van der Waals surface area contributed by atoms with E-state index in [4.69, 9.17) is 21.1 Å². The molecule has 0 N–H and O–H groups in total. The van der Waals surface area contributed by atoms with Crippen LogP contribution in [-0.2, 0) is 0 Å². The monoisotopic (exact) mass is 389 g/mol. The molecule has 7 heteroatoms. The van der Waals surface area contributed by atoms with E-state index in [0.717, 1.165) is 40.3 Å². The molecule has 0 bridgehead atoms. The van der Waals surface area contributed by atoms with Gasteiger partial charge in [0.15, 0.2) is 11.5 Å². The summed E-state index contributed by atoms with van der Waals surface area (Å²) in [4.78, 5) is 12.3. The van der Waals surface area contributed by atoms with Crippen LogP contribution in [0.4, 0.5) is 5.82 Å². The van der Waals surface area contributed by atoms with Gasteiger partial charge in [0.2, 0.25) is 5.28 Å². The first-order chi connectivity index (χ1) is 12.7. The molecule has 0 amide bonds. The summed E-state index contributed by atoms with van der Waals surface area (Å²) < 4.78 is 10.8. The number of piperidine rings is 1. The average molecular weight is 390 g/mol. The molecular formula is C19H20ClN3O2S. The molecule has 5 nitrogen and oxygen atoms in total. The summed E-state index contributed by atoms with van der Waals surface area (Å²) in [6, 6.07) is 5.96. The van der Waals surface area contributed by atoms with Gasteiger partial charge in [-0.15, -0.1) is 11.3 Å². The maximum atomic E-state index is 6.21. The van der Waals surface area contributed by atoms with E-state index < -0.39 is 0 Å². The highest BCUT2D eigenvalue weighted by atomic mass is 35.5. The molecule has 1 aliphatic rings. The van der Waals surface area contributed by atoms with Crippen molar-refractivity contribution in [2.45, 2.75) is 19.3 Å². The fraction of sp³-hybridized carbons (Fsp3) is 0.368. The van der Waals surface area contributed by atoms with Crippen LogP contribution in [0.3, 0.4) is 0 Å². The van der Waals surface area contributed by atoms with Crippen LogP contribution in [-0.4, -0.2) is 37.3 Å². The molecule has 1 fully saturated rings. The number of hydrogen-bond acceptors (Lipinski definition) is 6. The second-order valence-corrected chi connectivity index (χ2v) is 7.46. The molecule has 0 aliphatic carbocycles. The first-order valence-electron chi connectivity index (χ1n) is 8.63. The zero-order valence-corrected chi connectivity index (χ0v) is 16.4. The van der Waals surface area contributed by atoms with Gasteiger partial charge in [0, 0.05) is 24.0 Å². The molecule has 3 aromatic rings. The van der Waals surface area contributed by atoms with Gasteiger partial charge < -0.3 is 14.4 Å². The van der Waals surface area contributed by atoms with E-state index in [2.05, 4.69) is 20.2 Å². The first-order valence-corrected chi connectivity index (χ1v) is 9.89. The third-order valence-corrected chi connectivity index (χ3v) is 5.78. The summed E-state index contributed by atoms with van der Waals surface area (Å²) in [5.41, 5.74) is 2.15. The third-order valence-electron chi connectivity index (χ3n) is 4.74. The Hall–Kier alpha value is -2.05. The lowest BCUT2D eigenvalue weighted by atomic mass is 10.0. The minimum absolute atomic E-state index is 0.304. The molecule has 3 heterocycles. The summed E-state index contributed by atoms with van der Waals surface area (Å²) in [5.74, 6) is 2.36. The van der Waals surface area contributed by atoms with Crippen LogP contribution in [0.15, 0.2) is 23.6 Å². The Morgan fingerprint density at radius 2 is 1.81 bits per heavy atom. The number of aromatic nitrogens is 2. The number of fused-ring (bicyclic) bond motifs is 1. The lowest BCUT2D eigenvalue weighted by Gasteiger charge is -2.28. The van der Waals surface area contributed by atoms with Crippen molar-refractivity contribution >= 4 is 39.0 Å². The van der Waals surface area contributed by atoms with Crippen LogP contribution < -0.4 is 14.4 Å². The van der Waals surface area contributed by atoms with Crippen LogP contribution in [0.1, 0.15) is 19.3 Å². The number of ether oxygens (including phenoxy) is 2. The SMILES string of the molecule is COc1ccc(-c2csc3nc(Cl)nc(N4CCCCC4)c23)cc1OC. The van der Waals surface area contributed by atoms with Crippen molar-refractivity contribution in [2.75, 3.05) is 32.2 Å². The quantitative estimate of drug-likeness (QED) is 0.586. The molecule has 136 valence electrons. The van der Waals surface area contributed by atoms with Gasteiger partial charge in [-0.25, -0.2) is 4.98 Å². The van der Waals surface area contributed by atoms with Crippen molar-refractivity contribution in [3.8, 4) is 22.6 Å². The van der Waals surface area contributed by atoms with Crippen molar-refractivity contribution in [3.63, 3.8) is 0 Å². The Morgan fingerprint density at radius 3 is 2.54 bits per heavy atom. The fourth-order valence-corrected chi connectivity index (χ4v) is 4.61. The van der Waals surface area contributed by atoms with Gasteiger partial charge in [-0.3, -0.25) is 0 Å². The summed E-state index contributed by atoms with van der Waals surface area (Å²) in [6.07, 6.45) is 3.63. The standard InChI is InChI=1S/C19H20ClN3O2S/c1-24-14-7-6-12(10-15(14)25-2)13-11-26-18-16(13)17(21-19(20)22-18)23-8-4-3-5-9-23/h6-7,10-11H,3-5,8-9H2,1-2H3. The van der Waals surface area contributed by atoms with Gasteiger partial charge in [-0.2, -0.15) is 4.98 Å². The minimum Gasteiger partial charge on any atom is -0.493 e. The van der Waals surface area contributed by atoms with Crippen LogP contribution in [0, 0.1) is 0 Å². The van der Waals surface area contributed by atoms with Gasteiger partial charge in [-0.05, 0) is 48.6 Å². The number of hydrogen-bond donors (Lipinski definition) is 0. The Labute approximate surface area is 161 Å². The van der Waals surface area contributed by atoms with Crippen molar-refractivity contribution in [1.29, 1.82) is 0 Å². The van der Waals surface area contributed by atoms with Gasteiger partial charge >= 0.3 is 0 Å². The van der Waals surface area contributed by atoms with Crippen molar-refractivity contribution in [1.82, 2.24) is 9.97 Å². The predicted molar refractivity (Wildman–Crippen MR) is 107 cm³/mol. The van der Waals surface area contributed by atoms with Crippen LogP contribution in [0.5, 0.6) is 11.5 Å². The highest BCUT2D eigenvalue weighted by Gasteiger charge is 2.21. The van der Waals surface area contributed by atoms with Crippen molar-refractivity contribution < 1.29 is 9.47 Å². The molecule has 0 unspecified atom stereocenters. The number of halogens is 1. The molecule has 2 aromatic heterocycles. The summed E-state index contributed by atoms with van der Waals surface area (Å²) in [6.45, 7) is 2.01. The number of methoxy groups -OCH3 is 2. The van der Waals surface area contributed by atoms with Crippen LogP contribution in [0.25, 0.3) is 21.3 Å². The molecule has 1 aromatic carbocycles. The number of anilines is 1. The van der Waals surface area contributed by atoms with E-state index in [-0.39, 0.29) is 0 Å². The number of nitrogens with zero attached hydrogens (tertiary/aromatic N) is 3. The number of benzene rings is 1. The molecule has 4 rings (SSSR count). The van der Waals surface area contributed by atoms with Gasteiger partial charge in [-0.1, -0.05) is 6.07 Å². The van der Waals surface area contributed by atoms with E-state index in [9.17, 15) is 0 Å². The highest BCUT2D eigenvalue weighted by Crippen LogP contribution is 2.41. The highest BCUT2D eigenvalue weighted by molar-refractivity contribution is 7.17. The summed E-state index contributed by atoms with van der Waals surface area (Å²) >= 11 is 7.80. The summed E-state index contributed by atoms with van der Waals surface area (Å²) in [5, 5.41) is 3.48. The maximum Gasteiger partial charge on any atom is 0.225 e. The lowest BCUT2D eigenvalue weighted by Crippen LogP contribution is -2.30. The van der Waals surface area contributed by atoms with Gasteiger partial charge in [0.1, 0.15) is 10.6 Å². The molecule has 0 atom stereocenters. The van der Waals surface area contributed by atoms with Gasteiger partial charge in [0.05, 0.1) is 19.6 Å². The van der Waals surface area contributed by atoms with E-state index in [1.54, 1.807) is 25.6 Å². The Bertz CT molecular complexity index is 938. The molecule has 0 spiro atoms. The van der Waals surface area contributed by atoms with Gasteiger partial charge in [0.25, 0.3) is 0 Å². The van der Waals surface area contributed by atoms with E-state index in [1.807, 2.05) is 18.2 Å². The second kappa shape index (κ2) is 7.29. The minimum atomic E-state index is 0.304. The third kappa shape index (κ3) is 3.08. The fourth-order valence-electron chi connectivity index (χ4n) is 3.45. The Morgan fingerprint density at radius 1 is 1.04 bits per heavy atom. The van der Waals surface area contributed by atoms with Crippen molar-refractivity contribution in [3.05, 3.63) is 28.9 Å². The molecule has 1 aliphatic heterocycles. The molecular weight excluding hydrogens is 370 g/mol. The maximum absolute atomic E-state index is 6.21. The number of rotatable bonds is 4. The molecule has 0 saturated carbocycles. The molecule has 0 radical (unpaired) electrons. The lowest BCUT2D eigenvalue weighted by molar-refractivity contribution is 0.355. The average Bonchev–Trinajstić information content (AvgIpc) is 3.11. The van der Waals surface area contributed by atoms with E-state index in [0.29, 0.717) is 16.8 Å². The van der Waals surface area contributed by atoms with Crippen molar-refractivity contribution in [2.24, 2.45) is 0 Å². The topological polar surface area (TPSA) is 47.5 Å². The van der Waals surface area contributed by atoms with E-state index in [1.165, 1.54) is 19.3 Å². The zero-order valence-electron chi connectivity index (χ0n) is 14.8. The van der Waals surface area contributed by atoms with Crippen LogP contribution >= 0.6 is 22.9 Å². The smallest absolute Gasteiger partial charge is 0.225 e. The normalized spacial score (nSPS) is 14.7. The zero-order chi connectivity index (χ0) is 18.1. The second-order valence-electron chi connectivity index (χ2n) is 6.26. The Balaban J connectivity index is 1.88. The number of thiophene rings is 1.